The van der Waals surface area contributed by atoms with E-state index in [9.17, 15) is 4.79 Å². The van der Waals surface area contributed by atoms with E-state index in [1.807, 2.05) is 4.90 Å². The summed E-state index contributed by atoms with van der Waals surface area (Å²) in [6, 6.07) is 0.239. The molecule has 6 heteroatoms. The number of aryl methyl sites for hydroxylation is 1. The molecule has 1 aromatic rings. The fourth-order valence-corrected chi connectivity index (χ4v) is 3.06. The van der Waals surface area contributed by atoms with Crippen molar-refractivity contribution in [2.75, 3.05) is 13.2 Å². The summed E-state index contributed by atoms with van der Waals surface area (Å²) in [5.41, 5.74) is 0. The molecule has 2 heterocycles. The van der Waals surface area contributed by atoms with Crippen molar-refractivity contribution in [3.05, 3.63) is 11.7 Å². The highest BCUT2D eigenvalue weighted by Gasteiger charge is 2.36. The van der Waals surface area contributed by atoms with E-state index in [1.165, 1.54) is 12.8 Å². The zero-order valence-corrected chi connectivity index (χ0v) is 11.2. The molecule has 2 aliphatic rings. The van der Waals surface area contributed by atoms with Crippen LogP contribution < -0.4 is 0 Å². The zero-order valence-electron chi connectivity index (χ0n) is 11.2. The molecule has 0 radical (unpaired) electrons. The van der Waals surface area contributed by atoms with Crippen molar-refractivity contribution < 1.29 is 14.1 Å². The molecule has 2 fully saturated rings. The van der Waals surface area contributed by atoms with E-state index in [0.717, 1.165) is 12.8 Å². The Labute approximate surface area is 112 Å². The molecule has 2 atom stereocenters. The third kappa shape index (κ3) is 2.63. The number of ether oxygens (including phenoxy) is 1. The molecule has 0 spiro atoms. The second-order valence-electron chi connectivity index (χ2n) is 5.25. The molecule has 1 aliphatic heterocycles. The van der Waals surface area contributed by atoms with Crippen LogP contribution in [0.15, 0.2) is 4.52 Å². The summed E-state index contributed by atoms with van der Waals surface area (Å²) in [6.07, 6.45) is 4.93. The molecule has 1 saturated carbocycles. The van der Waals surface area contributed by atoms with Crippen LogP contribution in [0.5, 0.6) is 0 Å². The molecule has 1 aliphatic carbocycles. The molecule has 3 rings (SSSR count). The molecule has 2 unspecified atom stereocenters. The minimum Gasteiger partial charge on any atom is -0.374 e. The van der Waals surface area contributed by atoms with Crippen LogP contribution >= 0.6 is 0 Å². The average Bonchev–Trinajstić information content (AvgIpc) is 2.83. The molecule has 104 valence electrons. The molecule has 0 bridgehead atoms. The van der Waals surface area contributed by atoms with Crippen LogP contribution in [0.2, 0.25) is 0 Å². The average molecular weight is 265 g/mol. The van der Waals surface area contributed by atoms with Gasteiger partial charge in [0.1, 0.15) is 0 Å². The van der Waals surface area contributed by atoms with Gasteiger partial charge in [-0.25, -0.2) is 0 Å². The number of nitrogens with zero attached hydrogens (tertiary/aromatic N) is 3. The number of carbonyl (C=O) groups is 1. The summed E-state index contributed by atoms with van der Waals surface area (Å²) >= 11 is 0. The Bertz CT molecular complexity index is 458. The summed E-state index contributed by atoms with van der Waals surface area (Å²) in [7, 11) is 0. The minimum atomic E-state index is 0.0843. The van der Waals surface area contributed by atoms with Gasteiger partial charge < -0.3 is 14.2 Å². The van der Waals surface area contributed by atoms with Gasteiger partial charge in [-0.3, -0.25) is 4.79 Å². The van der Waals surface area contributed by atoms with Gasteiger partial charge in [0.15, 0.2) is 5.82 Å². The van der Waals surface area contributed by atoms with E-state index in [-0.39, 0.29) is 24.5 Å². The second-order valence-corrected chi connectivity index (χ2v) is 5.25. The molecule has 0 N–H and O–H groups in total. The van der Waals surface area contributed by atoms with Gasteiger partial charge in [-0.1, -0.05) is 18.0 Å². The fraction of sp³-hybridized carbons (Fsp3) is 0.769. The first-order valence-corrected chi connectivity index (χ1v) is 6.94. The Kier molecular flexibility index (Phi) is 3.50. The maximum atomic E-state index is 12.4. The van der Waals surface area contributed by atoms with Crippen molar-refractivity contribution >= 4 is 5.91 Å². The number of aromatic nitrogens is 2. The first kappa shape index (κ1) is 12.6. The van der Waals surface area contributed by atoms with Crippen LogP contribution in [0, 0.1) is 6.92 Å². The second kappa shape index (κ2) is 5.28. The lowest BCUT2D eigenvalue weighted by Gasteiger charge is -2.43. The first-order valence-electron chi connectivity index (χ1n) is 6.94. The van der Waals surface area contributed by atoms with Crippen LogP contribution in [0.4, 0.5) is 0 Å². The Balaban J connectivity index is 1.67. The van der Waals surface area contributed by atoms with Crippen LogP contribution in [-0.2, 0) is 16.0 Å². The largest absolute Gasteiger partial charge is 0.374 e. The Morgan fingerprint density at radius 1 is 1.42 bits per heavy atom. The molecular weight excluding hydrogens is 246 g/mol. The number of rotatable bonds is 2. The number of hydrogen-bond donors (Lipinski definition) is 0. The first-order chi connectivity index (χ1) is 9.24. The highest BCUT2D eigenvalue weighted by Crippen LogP contribution is 2.28. The number of morpholine rings is 1. The van der Waals surface area contributed by atoms with E-state index in [4.69, 9.17) is 9.26 Å². The van der Waals surface area contributed by atoms with E-state index in [2.05, 4.69) is 10.1 Å². The van der Waals surface area contributed by atoms with Crippen LogP contribution in [0.1, 0.15) is 37.4 Å². The lowest BCUT2D eigenvalue weighted by atomic mass is 9.90. The van der Waals surface area contributed by atoms with Gasteiger partial charge in [-0.2, -0.15) is 4.98 Å². The smallest absolute Gasteiger partial charge is 0.230 e. The monoisotopic (exact) mass is 265 g/mol. The summed E-state index contributed by atoms with van der Waals surface area (Å²) in [5, 5.41) is 3.79. The summed E-state index contributed by atoms with van der Waals surface area (Å²) in [6.45, 7) is 3.04. The Hall–Kier alpha value is -1.43. The normalized spacial score (nSPS) is 27.1. The van der Waals surface area contributed by atoms with Gasteiger partial charge in [-0.05, 0) is 12.8 Å². The SMILES string of the molecule is Cc1nc(CC(=O)N2CCOC3CCCCC32)no1. The maximum absolute atomic E-state index is 12.4. The van der Waals surface area contributed by atoms with Gasteiger partial charge in [0, 0.05) is 13.5 Å². The van der Waals surface area contributed by atoms with Gasteiger partial charge in [0.05, 0.1) is 25.2 Å². The highest BCUT2D eigenvalue weighted by molar-refractivity contribution is 5.78. The standard InChI is InChI=1S/C13H19N3O3/c1-9-14-12(15-19-9)8-13(17)16-6-7-18-11-5-3-2-4-10(11)16/h10-11H,2-8H2,1H3. The third-order valence-electron chi connectivity index (χ3n) is 3.93. The van der Waals surface area contributed by atoms with Gasteiger partial charge >= 0.3 is 0 Å². The molecule has 0 aromatic carbocycles. The minimum absolute atomic E-state index is 0.0843. The summed E-state index contributed by atoms with van der Waals surface area (Å²) < 4.78 is 10.7. The molecule has 19 heavy (non-hydrogen) atoms. The van der Waals surface area contributed by atoms with Crippen molar-refractivity contribution in [1.82, 2.24) is 15.0 Å². The highest BCUT2D eigenvalue weighted by atomic mass is 16.5. The van der Waals surface area contributed by atoms with Crippen molar-refractivity contribution in [3.63, 3.8) is 0 Å². The Morgan fingerprint density at radius 2 is 2.26 bits per heavy atom. The molecular formula is C13H19N3O3. The predicted molar refractivity (Wildman–Crippen MR) is 66.4 cm³/mol. The van der Waals surface area contributed by atoms with Crippen LogP contribution in [0.3, 0.4) is 0 Å². The lowest BCUT2D eigenvalue weighted by molar-refractivity contribution is -0.149. The zero-order chi connectivity index (χ0) is 13.2. The molecule has 6 nitrogen and oxygen atoms in total. The van der Waals surface area contributed by atoms with E-state index in [1.54, 1.807) is 6.92 Å². The number of carbonyl (C=O) groups excluding carboxylic acids is 1. The van der Waals surface area contributed by atoms with E-state index < -0.39 is 0 Å². The lowest BCUT2D eigenvalue weighted by Crippen LogP contribution is -2.55. The summed E-state index contributed by atoms with van der Waals surface area (Å²) in [5.74, 6) is 1.06. The quantitative estimate of drug-likeness (QED) is 0.800. The number of amides is 1. The topological polar surface area (TPSA) is 68.5 Å². The van der Waals surface area contributed by atoms with Crippen molar-refractivity contribution in [1.29, 1.82) is 0 Å². The van der Waals surface area contributed by atoms with E-state index >= 15 is 0 Å². The molecule has 1 aromatic heterocycles. The molecule has 1 saturated heterocycles. The van der Waals surface area contributed by atoms with Crippen molar-refractivity contribution in [2.45, 2.75) is 51.2 Å². The van der Waals surface area contributed by atoms with Crippen LogP contribution in [0.25, 0.3) is 0 Å². The van der Waals surface area contributed by atoms with Crippen molar-refractivity contribution in [3.8, 4) is 0 Å². The summed E-state index contributed by atoms with van der Waals surface area (Å²) in [4.78, 5) is 18.4. The Morgan fingerprint density at radius 3 is 3.05 bits per heavy atom. The molecule has 1 amide bonds. The fourth-order valence-electron chi connectivity index (χ4n) is 3.06. The maximum Gasteiger partial charge on any atom is 0.230 e. The van der Waals surface area contributed by atoms with Crippen LogP contribution in [-0.4, -0.2) is 46.2 Å². The van der Waals surface area contributed by atoms with Gasteiger partial charge in [0.25, 0.3) is 0 Å². The van der Waals surface area contributed by atoms with Gasteiger partial charge in [-0.15, -0.1) is 0 Å². The van der Waals surface area contributed by atoms with Crippen molar-refractivity contribution in [2.24, 2.45) is 0 Å². The third-order valence-corrected chi connectivity index (χ3v) is 3.93. The predicted octanol–water partition coefficient (Wildman–Crippen LogP) is 1.09. The van der Waals surface area contributed by atoms with Gasteiger partial charge in [0.2, 0.25) is 11.8 Å². The number of fused-ring (bicyclic) bond motifs is 1. The van der Waals surface area contributed by atoms with E-state index in [0.29, 0.717) is 24.9 Å². The number of hydrogen-bond acceptors (Lipinski definition) is 5.